The van der Waals surface area contributed by atoms with Gasteiger partial charge in [-0.1, -0.05) is 51.1 Å². The number of hydrogen-bond donors (Lipinski definition) is 2. The molecule has 1 heterocycles. The van der Waals surface area contributed by atoms with Crippen molar-refractivity contribution in [2.75, 3.05) is 11.9 Å². The Kier molecular flexibility index (Phi) is 8.33. The smallest absolute Gasteiger partial charge is 0.320 e. The molecule has 0 saturated carbocycles. The van der Waals surface area contributed by atoms with Crippen molar-refractivity contribution in [1.29, 1.82) is 0 Å². The van der Waals surface area contributed by atoms with Crippen LogP contribution >= 0.6 is 11.8 Å². The molecule has 0 bridgehead atoms. The van der Waals surface area contributed by atoms with Gasteiger partial charge in [-0.05, 0) is 37.1 Å². The monoisotopic (exact) mass is 465 g/mol. The summed E-state index contributed by atoms with van der Waals surface area (Å²) in [7, 11) is 0. The minimum Gasteiger partial charge on any atom is -0.480 e. The first kappa shape index (κ1) is 24.6. The van der Waals surface area contributed by atoms with Crippen molar-refractivity contribution in [1.82, 2.24) is 9.55 Å². The number of aromatic nitrogens is 2. The van der Waals surface area contributed by atoms with Gasteiger partial charge in [0.2, 0.25) is 0 Å². The quantitative estimate of drug-likeness (QED) is 0.373. The van der Waals surface area contributed by atoms with E-state index in [2.05, 4.69) is 5.32 Å². The molecule has 6 nitrogen and oxygen atoms in total. The Morgan fingerprint density at radius 3 is 2.30 bits per heavy atom. The summed E-state index contributed by atoms with van der Waals surface area (Å²) in [6, 6.07) is 19.1. The summed E-state index contributed by atoms with van der Waals surface area (Å²) in [6.45, 7) is 6.91. The number of aliphatic carboxylic acids is 1. The van der Waals surface area contributed by atoms with E-state index in [9.17, 15) is 14.7 Å². The number of benzene rings is 2. The molecule has 3 aromatic rings. The Hall–Kier alpha value is -3.06. The average Bonchev–Trinajstić information content (AvgIpc) is 2.84. The average molecular weight is 466 g/mol. The van der Waals surface area contributed by atoms with Gasteiger partial charge >= 0.3 is 5.97 Å². The highest BCUT2D eigenvalue weighted by Gasteiger charge is 2.35. The van der Waals surface area contributed by atoms with Gasteiger partial charge in [-0.3, -0.25) is 14.2 Å². The summed E-state index contributed by atoms with van der Waals surface area (Å²) in [4.78, 5) is 30.2. The second kappa shape index (κ2) is 11.2. The van der Waals surface area contributed by atoms with Gasteiger partial charge in [0, 0.05) is 41.7 Å². The van der Waals surface area contributed by atoms with E-state index in [1.165, 1.54) is 11.8 Å². The second-order valence-electron chi connectivity index (χ2n) is 7.83. The van der Waals surface area contributed by atoms with E-state index >= 15 is 0 Å². The summed E-state index contributed by atoms with van der Waals surface area (Å²) in [5, 5.41) is 13.0. The fraction of sp³-hybridized carbons (Fsp3) is 0.346. The Bertz CT molecular complexity index is 1120. The van der Waals surface area contributed by atoms with Gasteiger partial charge in [0.1, 0.15) is 10.6 Å². The number of anilines is 1. The molecule has 2 aromatic carbocycles. The molecule has 0 amide bonds. The lowest BCUT2D eigenvalue weighted by molar-refractivity contribution is -0.140. The highest BCUT2D eigenvalue weighted by molar-refractivity contribution is 8.01. The zero-order valence-corrected chi connectivity index (χ0v) is 20.2. The minimum atomic E-state index is -0.800. The summed E-state index contributed by atoms with van der Waals surface area (Å²) in [6.07, 6.45) is 1.80. The van der Waals surface area contributed by atoms with Gasteiger partial charge in [-0.25, -0.2) is 4.98 Å². The number of aryl methyl sites for hydroxylation is 1. The van der Waals surface area contributed by atoms with Crippen molar-refractivity contribution in [2.45, 2.75) is 56.2 Å². The van der Waals surface area contributed by atoms with Crippen LogP contribution < -0.4 is 10.9 Å². The molecule has 174 valence electrons. The maximum atomic E-state index is 12.8. The Labute approximate surface area is 199 Å². The molecule has 0 radical (unpaired) electrons. The summed E-state index contributed by atoms with van der Waals surface area (Å²) < 4.78 is 0.916. The lowest BCUT2D eigenvalue weighted by atomic mass is 10.0. The van der Waals surface area contributed by atoms with Gasteiger partial charge in [-0.15, -0.1) is 11.8 Å². The molecule has 3 rings (SSSR count). The molecular weight excluding hydrogens is 434 g/mol. The minimum absolute atomic E-state index is 0.0570. The second-order valence-corrected chi connectivity index (χ2v) is 9.28. The SMILES string of the molecule is CCc1nc(-c2ccccc2)cc(=O)n1CCNc1ccc(SC(CC)(CC)C(=O)O)cc1. The molecule has 7 heteroatoms. The van der Waals surface area contributed by atoms with E-state index in [1.54, 1.807) is 10.6 Å². The van der Waals surface area contributed by atoms with Crippen molar-refractivity contribution < 1.29 is 9.90 Å². The molecule has 2 N–H and O–H groups in total. The van der Waals surface area contributed by atoms with Crippen LogP contribution in [0.15, 0.2) is 70.4 Å². The lowest BCUT2D eigenvalue weighted by Crippen LogP contribution is -2.33. The Morgan fingerprint density at radius 1 is 1.06 bits per heavy atom. The predicted octanol–water partition coefficient (Wildman–Crippen LogP) is 5.32. The highest BCUT2D eigenvalue weighted by Crippen LogP contribution is 2.39. The fourth-order valence-corrected chi connectivity index (χ4v) is 4.84. The number of thioether (sulfide) groups is 1. The van der Waals surface area contributed by atoms with E-state index in [0.717, 1.165) is 22.0 Å². The molecule has 0 aliphatic carbocycles. The number of nitrogens with one attached hydrogen (secondary N) is 1. The van der Waals surface area contributed by atoms with Crippen molar-refractivity contribution in [2.24, 2.45) is 0 Å². The molecule has 0 spiro atoms. The topological polar surface area (TPSA) is 84.2 Å². The zero-order chi connectivity index (χ0) is 23.8. The summed E-state index contributed by atoms with van der Waals surface area (Å²) in [5.41, 5.74) is 2.50. The van der Waals surface area contributed by atoms with Crippen molar-refractivity contribution >= 4 is 23.4 Å². The van der Waals surface area contributed by atoms with Crippen molar-refractivity contribution in [3.63, 3.8) is 0 Å². The molecule has 0 saturated heterocycles. The van der Waals surface area contributed by atoms with Crippen LogP contribution in [0, 0.1) is 0 Å². The van der Waals surface area contributed by atoms with Crippen LogP contribution in [-0.2, 0) is 17.8 Å². The van der Waals surface area contributed by atoms with Gasteiger partial charge < -0.3 is 10.4 Å². The molecule has 1 aromatic heterocycles. The maximum absolute atomic E-state index is 12.8. The standard InChI is InChI=1S/C26H31N3O3S/c1-4-23-28-22(19-10-8-7-9-11-19)18-24(30)29(23)17-16-27-20-12-14-21(15-13-20)33-26(5-2,6-3)25(31)32/h7-15,18,27H,4-6,16-17H2,1-3H3,(H,31,32). The molecule has 33 heavy (non-hydrogen) atoms. The first-order valence-electron chi connectivity index (χ1n) is 11.3. The number of carbonyl (C=O) groups is 1. The molecule has 0 aliphatic heterocycles. The zero-order valence-electron chi connectivity index (χ0n) is 19.4. The lowest BCUT2D eigenvalue weighted by Gasteiger charge is -2.26. The maximum Gasteiger partial charge on any atom is 0.320 e. The van der Waals surface area contributed by atoms with Crippen LogP contribution in [0.2, 0.25) is 0 Å². The molecule has 0 unspecified atom stereocenters. The van der Waals surface area contributed by atoms with Crippen LogP contribution in [0.3, 0.4) is 0 Å². The van der Waals surface area contributed by atoms with E-state index in [0.29, 0.717) is 38.0 Å². The normalized spacial score (nSPS) is 11.4. The molecular formula is C26H31N3O3S. The van der Waals surface area contributed by atoms with E-state index < -0.39 is 10.7 Å². The molecule has 0 atom stereocenters. The highest BCUT2D eigenvalue weighted by atomic mass is 32.2. The first-order valence-corrected chi connectivity index (χ1v) is 12.2. The van der Waals surface area contributed by atoms with E-state index in [1.807, 2.05) is 75.4 Å². The molecule has 0 aliphatic rings. The van der Waals surface area contributed by atoms with Crippen molar-refractivity contribution in [3.8, 4) is 11.3 Å². The Balaban J connectivity index is 1.66. The van der Waals surface area contributed by atoms with E-state index in [4.69, 9.17) is 4.98 Å². The summed E-state index contributed by atoms with van der Waals surface area (Å²) >= 11 is 1.40. The number of nitrogens with zero attached hydrogens (tertiary/aromatic N) is 2. The number of carboxylic acids is 1. The first-order chi connectivity index (χ1) is 15.9. The number of carboxylic acid groups (broad SMARTS) is 1. The van der Waals surface area contributed by atoms with Gasteiger partial charge in [0.05, 0.1) is 5.69 Å². The van der Waals surface area contributed by atoms with Crippen LogP contribution in [0.1, 0.15) is 39.4 Å². The van der Waals surface area contributed by atoms with Crippen LogP contribution in [0.4, 0.5) is 5.69 Å². The third kappa shape index (κ3) is 5.85. The predicted molar refractivity (Wildman–Crippen MR) is 135 cm³/mol. The van der Waals surface area contributed by atoms with Crippen LogP contribution in [0.5, 0.6) is 0 Å². The number of hydrogen-bond acceptors (Lipinski definition) is 5. The van der Waals surface area contributed by atoms with E-state index in [-0.39, 0.29) is 5.56 Å². The Morgan fingerprint density at radius 2 is 1.73 bits per heavy atom. The third-order valence-electron chi connectivity index (χ3n) is 5.84. The van der Waals surface area contributed by atoms with Gasteiger partial charge in [-0.2, -0.15) is 0 Å². The fourth-order valence-electron chi connectivity index (χ4n) is 3.74. The van der Waals surface area contributed by atoms with Gasteiger partial charge in [0.15, 0.2) is 0 Å². The third-order valence-corrected chi connectivity index (χ3v) is 7.49. The number of rotatable bonds is 11. The molecule has 0 fully saturated rings. The van der Waals surface area contributed by atoms with Crippen LogP contribution in [-0.4, -0.2) is 31.9 Å². The van der Waals surface area contributed by atoms with Gasteiger partial charge in [0.25, 0.3) is 5.56 Å². The van der Waals surface area contributed by atoms with Crippen LogP contribution in [0.25, 0.3) is 11.3 Å². The summed E-state index contributed by atoms with van der Waals surface area (Å²) in [5.74, 6) is -0.0113. The largest absolute Gasteiger partial charge is 0.480 e. The van der Waals surface area contributed by atoms with Crippen molar-refractivity contribution in [3.05, 3.63) is 76.8 Å².